The summed E-state index contributed by atoms with van der Waals surface area (Å²) in [6.45, 7) is 11.6. The molecule has 0 bridgehead atoms. The Morgan fingerprint density at radius 2 is 2.05 bits per heavy atom. The van der Waals surface area contributed by atoms with E-state index in [2.05, 4.69) is 37.2 Å². The molecule has 1 heterocycles. The number of rotatable bonds is 3. The molecule has 1 unspecified atom stereocenters. The molecule has 108 valence electrons. The smallest absolute Gasteiger partial charge is 0.337 e. The summed E-state index contributed by atoms with van der Waals surface area (Å²) in [5, 5.41) is 9.24. The van der Waals surface area contributed by atoms with Gasteiger partial charge in [-0.05, 0) is 30.4 Å². The molecule has 0 saturated heterocycles. The Morgan fingerprint density at radius 1 is 1.40 bits per heavy atom. The lowest BCUT2D eigenvalue weighted by Crippen LogP contribution is -2.22. The Balaban J connectivity index is 2.53. The summed E-state index contributed by atoms with van der Waals surface area (Å²) in [6, 6.07) is 5.33. The summed E-state index contributed by atoms with van der Waals surface area (Å²) in [5.74, 6) is 0.404. The SMILES string of the molecule is Cc1nc2c(C(=O)O)cccc2n1CC(C)C(C)(C)C. The molecule has 20 heavy (non-hydrogen) atoms. The van der Waals surface area contributed by atoms with Crippen LogP contribution < -0.4 is 0 Å². The van der Waals surface area contributed by atoms with Gasteiger partial charge in [0.2, 0.25) is 0 Å². The van der Waals surface area contributed by atoms with Gasteiger partial charge in [0.1, 0.15) is 11.3 Å². The molecule has 0 aliphatic heterocycles. The Morgan fingerprint density at radius 3 is 2.60 bits per heavy atom. The summed E-state index contributed by atoms with van der Waals surface area (Å²) in [7, 11) is 0. The van der Waals surface area contributed by atoms with E-state index >= 15 is 0 Å². The molecule has 2 aromatic rings. The fraction of sp³-hybridized carbons (Fsp3) is 0.500. The maximum absolute atomic E-state index is 11.3. The van der Waals surface area contributed by atoms with Crippen molar-refractivity contribution in [2.24, 2.45) is 11.3 Å². The van der Waals surface area contributed by atoms with Crippen LogP contribution in [-0.2, 0) is 6.54 Å². The lowest BCUT2D eigenvalue weighted by atomic mass is 9.82. The molecule has 0 saturated carbocycles. The molecule has 4 heteroatoms. The molecule has 4 nitrogen and oxygen atoms in total. The minimum atomic E-state index is -0.927. The van der Waals surface area contributed by atoms with Gasteiger partial charge in [-0.1, -0.05) is 33.8 Å². The predicted molar refractivity (Wildman–Crippen MR) is 80.0 cm³/mol. The van der Waals surface area contributed by atoms with E-state index in [0.717, 1.165) is 17.9 Å². The van der Waals surface area contributed by atoms with Gasteiger partial charge in [0, 0.05) is 6.54 Å². The van der Waals surface area contributed by atoms with Gasteiger partial charge in [-0.2, -0.15) is 0 Å². The normalized spacial score (nSPS) is 13.7. The lowest BCUT2D eigenvalue weighted by molar-refractivity contribution is 0.0699. The lowest BCUT2D eigenvalue weighted by Gasteiger charge is -2.28. The number of carboxylic acids is 1. The molecular formula is C16H22N2O2. The third-order valence-corrected chi connectivity index (χ3v) is 4.13. The molecule has 0 aliphatic carbocycles. The van der Waals surface area contributed by atoms with Crippen LogP contribution in [0.3, 0.4) is 0 Å². The van der Waals surface area contributed by atoms with E-state index in [1.54, 1.807) is 12.1 Å². The van der Waals surface area contributed by atoms with Crippen molar-refractivity contribution >= 4 is 17.0 Å². The van der Waals surface area contributed by atoms with Crippen LogP contribution in [0, 0.1) is 18.3 Å². The van der Waals surface area contributed by atoms with Gasteiger partial charge >= 0.3 is 5.97 Å². The summed E-state index contributed by atoms with van der Waals surface area (Å²) in [6.07, 6.45) is 0. The topological polar surface area (TPSA) is 55.1 Å². The molecule has 2 rings (SSSR count). The summed E-state index contributed by atoms with van der Waals surface area (Å²) in [4.78, 5) is 15.7. The number of nitrogens with zero attached hydrogens (tertiary/aromatic N) is 2. The fourth-order valence-electron chi connectivity index (χ4n) is 2.21. The van der Waals surface area contributed by atoms with E-state index in [9.17, 15) is 9.90 Å². The van der Waals surface area contributed by atoms with Crippen LogP contribution in [0.5, 0.6) is 0 Å². The van der Waals surface area contributed by atoms with Gasteiger partial charge in [-0.15, -0.1) is 0 Å². The zero-order valence-corrected chi connectivity index (χ0v) is 12.8. The van der Waals surface area contributed by atoms with E-state index in [1.165, 1.54) is 0 Å². The highest BCUT2D eigenvalue weighted by atomic mass is 16.4. The second-order valence-corrected chi connectivity index (χ2v) is 6.52. The summed E-state index contributed by atoms with van der Waals surface area (Å²) < 4.78 is 2.12. The van der Waals surface area contributed by atoms with Crippen molar-refractivity contribution in [3.63, 3.8) is 0 Å². The van der Waals surface area contributed by atoms with E-state index in [4.69, 9.17) is 0 Å². The van der Waals surface area contributed by atoms with Gasteiger partial charge in [0.15, 0.2) is 0 Å². The quantitative estimate of drug-likeness (QED) is 0.928. The molecular weight excluding hydrogens is 252 g/mol. The largest absolute Gasteiger partial charge is 0.478 e. The first kappa shape index (κ1) is 14.6. The molecule has 1 atom stereocenters. The highest BCUT2D eigenvalue weighted by Gasteiger charge is 2.23. The minimum Gasteiger partial charge on any atom is -0.478 e. The number of benzene rings is 1. The number of hydrogen-bond acceptors (Lipinski definition) is 2. The van der Waals surface area contributed by atoms with Gasteiger partial charge in [-0.25, -0.2) is 9.78 Å². The van der Waals surface area contributed by atoms with Crippen molar-refractivity contribution in [2.45, 2.75) is 41.2 Å². The van der Waals surface area contributed by atoms with Crippen LogP contribution in [0.1, 0.15) is 43.9 Å². The number of aryl methyl sites for hydroxylation is 1. The Bertz CT molecular complexity index is 650. The van der Waals surface area contributed by atoms with Crippen LogP contribution in [-0.4, -0.2) is 20.6 Å². The Kier molecular flexibility index (Phi) is 3.59. The Hall–Kier alpha value is -1.84. The molecule has 1 N–H and O–H groups in total. The summed E-state index contributed by atoms with van der Waals surface area (Å²) >= 11 is 0. The number of para-hydroxylation sites is 1. The van der Waals surface area contributed by atoms with Gasteiger partial charge in [-0.3, -0.25) is 0 Å². The average Bonchev–Trinajstić information content (AvgIpc) is 2.64. The third kappa shape index (κ3) is 2.55. The predicted octanol–water partition coefficient (Wildman–Crippen LogP) is 3.73. The Labute approximate surface area is 119 Å². The highest BCUT2D eigenvalue weighted by Crippen LogP contribution is 2.29. The maximum Gasteiger partial charge on any atom is 0.337 e. The number of imidazole rings is 1. The van der Waals surface area contributed by atoms with Crippen LogP contribution in [0.25, 0.3) is 11.0 Å². The number of carbonyl (C=O) groups is 1. The average molecular weight is 274 g/mol. The van der Waals surface area contributed by atoms with E-state index in [1.807, 2.05) is 13.0 Å². The highest BCUT2D eigenvalue weighted by molar-refractivity contribution is 6.01. The van der Waals surface area contributed by atoms with Crippen molar-refractivity contribution in [1.29, 1.82) is 0 Å². The number of carboxylic acid groups (broad SMARTS) is 1. The fourth-order valence-corrected chi connectivity index (χ4v) is 2.21. The monoisotopic (exact) mass is 274 g/mol. The van der Waals surface area contributed by atoms with E-state index < -0.39 is 5.97 Å². The molecule has 0 spiro atoms. The second-order valence-electron chi connectivity index (χ2n) is 6.52. The van der Waals surface area contributed by atoms with E-state index in [-0.39, 0.29) is 11.0 Å². The van der Waals surface area contributed by atoms with Crippen molar-refractivity contribution in [3.8, 4) is 0 Å². The minimum absolute atomic E-state index is 0.202. The first-order chi connectivity index (χ1) is 9.21. The zero-order valence-electron chi connectivity index (χ0n) is 12.8. The second kappa shape index (κ2) is 4.93. The molecule has 1 aromatic heterocycles. The zero-order chi connectivity index (χ0) is 15.1. The molecule has 0 amide bonds. The van der Waals surface area contributed by atoms with Gasteiger partial charge in [0.25, 0.3) is 0 Å². The third-order valence-electron chi connectivity index (χ3n) is 4.13. The number of aromatic carboxylic acids is 1. The van der Waals surface area contributed by atoms with Crippen LogP contribution in [0.15, 0.2) is 18.2 Å². The van der Waals surface area contributed by atoms with Crippen molar-refractivity contribution < 1.29 is 9.90 Å². The first-order valence-corrected chi connectivity index (χ1v) is 6.91. The standard InChI is InChI=1S/C16H22N2O2/c1-10(16(3,4)5)9-18-11(2)17-14-12(15(19)20)7-6-8-13(14)18/h6-8,10H,9H2,1-5H3,(H,19,20). The summed E-state index contributed by atoms with van der Waals surface area (Å²) in [5.41, 5.74) is 1.96. The van der Waals surface area contributed by atoms with Crippen LogP contribution in [0.4, 0.5) is 0 Å². The molecule has 0 aliphatic rings. The number of fused-ring (bicyclic) bond motifs is 1. The van der Waals surface area contributed by atoms with Crippen molar-refractivity contribution in [3.05, 3.63) is 29.6 Å². The van der Waals surface area contributed by atoms with Gasteiger partial charge in [0.05, 0.1) is 11.1 Å². The van der Waals surface area contributed by atoms with E-state index in [0.29, 0.717) is 11.4 Å². The number of aromatic nitrogens is 2. The van der Waals surface area contributed by atoms with Crippen molar-refractivity contribution in [2.75, 3.05) is 0 Å². The first-order valence-electron chi connectivity index (χ1n) is 6.91. The van der Waals surface area contributed by atoms with Gasteiger partial charge < -0.3 is 9.67 Å². The van der Waals surface area contributed by atoms with Crippen LogP contribution >= 0.6 is 0 Å². The molecule has 0 fully saturated rings. The molecule has 1 aromatic carbocycles. The maximum atomic E-state index is 11.3. The molecule has 0 radical (unpaired) electrons. The van der Waals surface area contributed by atoms with Crippen molar-refractivity contribution in [1.82, 2.24) is 9.55 Å². The number of hydrogen-bond donors (Lipinski definition) is 1. The van der Waals surface area contributed by atoms with Crippen LogP contribution in [0.2, 0.25) is 0 Å².